The van der Waals surface area contributed by atoms with E-state index >= 15 is 0 Å². The smallest absolute Gasteiger partial charge is 0.387 e. The van der Waals surface area contributed by atoms with Gasteiger partial charge in [-0.25, -0.2) is 14.5 Å². The van der Waals surface area contributed by atoms with E-state index in [1.54, 1.807) is 0 Å². The molecule has 0 atom stereocenters. The van der Waals surface area contributed by atoms with Gasteiger partial charge in [0.2, 0.25) is 0 Å². The summed E-state index contributed by atoms with van der Waals surface area (Å²) in [6.45, 7) is -2.94. The third-order valence-corrected chi connectivity index (χ3v) is 3.21. The van der Waals surface area contributed by atoms with Gasteiger partial charge in [0.05, 0.1) is 11.4 Å². The van der Waals surface area contributed by atoms with E-state index in [1.807, 2.05) is 0 Å². The van der Waals surface area contributed by atoms with Crippen LogP contribution in [0.25, 0.3) is 5.69 Å². The van der Waals surface area contributed by atoms with Gasteiger partial charge < -0.3 is 9.84 Å². The lowest BCUT2D eigenvalue weighted by Crippen LogP contribution is -2.16. The van der Waals surface area contributed by atoms with Crippen molar-refractivity contribution in [2.45, 2.75) is 11.8 Å². The van der Waals surface area contributed by atoms with Crippen LogP contribution in [0.1, 0.15) is 0 Å². The number of halogens is 2. The topological polar surface area (TPSA) is 97.2 Å². The largest absolute Gasteiger partial charge is 0.481 e. The zero-order chi connectivity index (χ0) is 15.4. The number of hydrogen-bond donors (Lipinski definition) is 2. The second-order valence-corrected chi connectivity index (χ2v) is 4.64. The molecule has 1 heterocycles. The van der Waals surface area contributed by atoms with Crippen molar-refractivity contribution >= 4 is 17.7 Å². The summed E-state index contributed by atoms with van der Waals surface area (Å²) in [7, 11) is 0. The molecule has 0 fully saturated rings. The van der Waals surface area contributed by atoms with E-state index in [0.29, 0.717) is 5.69 Å². The number of H-pyrrole nitrogens is 1. The molecule has 0 aliphatic carbocycles. The van der Waals surface area contributed by atoms with Crippen LogP contribution in [0.15, 0.2) is 34.2 Å². The lowest BCUT2D eigenvalue weighted by molar-refractivity contribution is -0.133. The number of carbonyl (C=O) groups is 1. The van der Waals surface area contributed by atoms with Crippen molar-refractivity contribution in [3.63, 3.8) is 0 Å². The average Bonchev–Trinajstić information content (AvgIpc) is 2.78. The molecule has 2 aromatic rings. The number of nitrogens with one attached hydrogen (secondary N) is 1. The Morgan fingerprint density at radius 3 is 2.67 bits per heavy atom. The van der Waals surface area contributed by atoms with Gasteiger partial charge in [-0.1, -0.05) is 11.8 Å². The van der Waals surface area contributed by atoms with E-state index in [0.717, 1.165) is 16.3 Å². The van der Waals surface area contributed by atoms with Crippen LogP contribution in [0.5, 0.6) is 5.75 Å². The molecule has 0 amide bonds. The quantitative estimate of drug-likeness (QED) is 0.780. The van der Waals surface area contributed by atoms with Crippen molar-refractivity contribution in [2.24, 2.45) is 0 Å². The van der Waals surface area contributed by atoms with Gasteiger partial charge >= 0.3 is 18.3 Å². The van der Waals surface area contributed by atoms with Crippen LogP contribution in [0, 0.1) is 0 Å². The highest BCUT2D eigenvalue weighted by molar-refractivity contribution is 7.99. The highest BCUT2D eigenvalue weighted by Gasteiger charge is 2.13. The number of thioether (sulfide) groups is 1. The van der Waals surface area contributed by atoms with E-state index in [2.05, 4.69) is 14.9 Å². The number of ether oxygens (including phenoxy) is 1. The van der Waals surface area contributed by atoms with Gasteiger partial charge in [-0.15, -0.1) is 5.10 Å². The van der Waals surface area contributed by atoms with E-state index < -0.39 is 18.3 Å². The molecule has 21 heavy (non-hydrogen) atoms. The summed E-state index contributed by atoms with van der Waals surface area (Å²) < 4.78 is 29.4. The van der Waals surface area contributed by atoms with Gasteiger partial charge in [-0.2, -0.15) is 8.78 Å². The molecule has 0 spiro atoms. The first-order valence-corrected chi connectivity index (χ1v) is 6.53. The summed E-state index contributed by atoms with van der Waals surface area (Å²) >= 11 is 0.855. The molecular formula is C11H9F2N3O4S. The number of hydrogen-bond acceptors (Lipinski definition) is 5. The summed E-state index contributed by atoms with van der Waals surface area (Å²) in [5.41, 5.74) is -0.214. The maximum atomic E-state index is 12.0. The van der Waals surface area contributed by atoms with Crippen LogP contribution in [0.4, 0.5) is 8.78 Å². The normalized spacial score (nSPS) is 10.8. The molecule has 0 saturated heterocycles. The number of aromatic nitrogens is 3. The molecule has 10 heteroatoms. The monoisotopic (exact) mass is 317 g/mol. The lowest BCUT2D eigenvalue weighted by Gasteiger charge is -2.07. The maximum absolute atomic E-state index is 12.0. The fourth-order valence-electron chi connectivity index (χ4n) is 1.51. The number of carboxylic acids is 1. The van der Waals surface area contributed by atoms with E-state index in [1.165, 1.54) is 24.3 Å². The molecule has 2 N–H and O–H groups in total. The van der Waals surface area contributed by atoms with Crippen molar-refractivity contribution in [3.05, 3.63) is 34.7 Å². The highest BCUT2D eigenvalue weighted by atomic mass is 32.2. The van der Waals surface area contributed by atoms with Crippen molar-refractivity contribution in [2.75, 3.05) is 5.75 Å². The molecule has 0 aliphatic rings. The first-order valence-electron chi connectivity index (χ1n) is 5.54. The third-order valence-electron chi connectivity index (χ3n) is 2.29. The van der Waals surface area contributed by atoms with Crippen LogP contribution >= 0.6 is 11.8 Å². The first kappa shape index (κ1) is 15.0. The number of aliphatic carboxylic acids is 1. The van der Waals surface area contributed by atoms with Crippen LogP contribution in [-0.4, -0.2) is 38.2 Å². The molecule has 0 unspecified atom stereocenters. The van der Waals surface area contributed by atoms with Crippen LogP contribution < -0.4 is 10.4 Å². The molecule has 0 saturated carbocycles. The zero-order valence-electron chi connectivity index (χ0n) is 10.3. The van der Waals surface area contributed by atoms with Gasteiger partial charge in [0.1, 0.15) is 5.75 Å². The Morgan fingerprint density at radius 2 is 2.10 bits per heavy atom. The summed E-state index contributed by atoms with van der Waals surface area (Å²) in [5.74, 6) is -1.37. The third kappa shape index (κ3) is 3.81. The Kier molecular flexibility index (Phi) is 4.58. The predicted octanol–water partition coefficient (Wildman–Crippen LogP) is 1.34. The Hall–Kier alpha value is -2.36. The van der Waals surface area contributed by atoms with Crippen LogP contribution in [0.2, 0.25) is 0 Å². The Bertz CT molecular complexity index is 684. The van der Waals surface area contributed by atoms with Crippen molar-refractivity contribution in [3.8, 4) is 11.4 Å². The number of nitrogens with zero attached hydrogens (tertiary/aromatic N) is 2. The van der Waals surface area contributed by atoms with Crippen molar-refractivity contribution in [1.82, 2.24) is 14.8 Å². The number of aromatic amines is 1. The van der Waals surface area contributed by atoms with Gasteiger partial charge in [-0.05, 0) is 24.3 Å². The summed E-state index contributed by atoms with van der Waals surface area (Å²) in [6.07, 6.45) is 0. The molecule has 1 aromatic heterocycles. The molecule has 7 nitrogen and oxygen atoms in total. The maximum Gasteiger partial charge on any atom is 0.387 e. The highest BCUT2D eigenvalue weighted by Crippen LogP contribution is 2.20. The van der Waals surface area contributed by atoms with Gasteiger partial charge in [0.25, 0.3) is 0 Å². The van der Waals surface area contributed by atoms with Gasteiger partial charge in [0.15, 0.2) is 5.16 Å². The summed E-state index contributed by atoms with van der Waals surface area (Å²) in [4.78, 5) is 22.2. The van der Waals surface area contributed by atoms with Crippen molar-refractivity contribution in [1.29, 1.82) is 0 Å². The fraction of sp³-hybridized carbons (Fsp3) is 0.182. The number of rotatable bonds is 6. The van der Waals surface area contributed by atoms with Gasteiger partial charge in [-0.3, -0.25) is 4.79 Å². The predicted molar refractivity (Wildman–Crippen MR) is 69.2 cm³/mol. The molecular weight excluding hydrogens is 308 g/mol. The standard InChI is InChI=1S/C11H9F2N3O4S/c12-9(13)20-7-3-1-6(2-4-7)16-10(19)14-15-11(16)21-5-8(17)18/h1-4,9H,5H2,(H,14,19)(H,17,18). The minimum Gasteiger partial charge on any atom is -0.481 e. The van der Waals surface area contributed by atoms with Crippen molar-refractivity contribution < 1.29 is 23.4 Å². The Morgan fingerprint density at radius 1 is 1.43 bits per heavy atom. The van der Waals surface area contributed by atoms with Gasteiger partial charge in [0, 0.05) is 0 Å². The minimum atomic E-state index is -2.94. The Labute approximate surface area is 120 Å². The van der Waals surface area contributed by atoms with E-state index in [9.17, 15) is 18.4 Å². The van der Waals surface area contributed by atoms with Crippen LogP contribution in [0.3, 0.4) is 0 Å². The molecule has 0 bridgehead atoms. The molecule has 1 aromatic carbocycles. The minimum absolute atomic E-state index is 0.0509. The number of benzene rings is 1. The second kappa shape index (κ2) is 6.39. The lowest BCUT2D eigenvalue weighted by atomic mass is 10.3. The zero-order valence-corrected chi connectivity index (χ0v) is 11.1. The fourth-order valence-corrected chi connectivity index (χ4v) is 2.19. The number of alkyl halides is 2. The van der Waals surface area contributed by atoms with E-state index in [4.69, 9.17) is 5.11 Å². The molecule has 2 rings (SSSR count). The van der Waals surface area contributed by atoms with E-state index in [-0.39, 0.29) is 16.7 Å². The summed E-state index contributed by atoms with van der Waals surface area (Å²) in [6, 6.07) is 5.32. The second-order valence-electron chi connectivity index (χ2n) is 3.70. The molecule has 0 radical (unpaired) electrons. The average molecular weight is 317 g/mol. The Balaban J connectivity index is 2.27. The molecule has 0 aliphatic heterocycles. The SMILES string of the molecule is O=C(O)CSc1n[nH]c(=O)n1-c1ccc(OC(F)F)cc1. The first-order chi connectivity index (χ1) is 9.97. The summed E-state index contributed by atoms with van der Waals surface area (Å²) in [5, 5.41) is 14.7. The van der Waals surface area contributed by atoms with Crippen LogP contribution in [-0.2, 0) is 4.79 Å². The number of carboxylic acid groups (broad SMARTS) is 1. The molecule has 112 valence electrons.